The summed E-state index contributed by atoms with van der Waals surface area (Å²) in [6.07, 6.45) is 0.0694. The van der Waals surface area contributed by atoms with E-state index in [0.717, 1.165) is 0 Å². The molecule has 20 heavy (non-hydrogen) atoms. The second-order valence-electron chi connectivity index (χ2n) is 3.63. The lowest BCUT2D eigenvalue weighted by molar-refractivity contribution is -0.137. The van der Waals surface area contributed by atoms with Crippen molar-refractivity contribution in [1.29, 1.82) is 0 Å². The predicted molar refractivity (Wildman–Crippen MR) is 72.1 cm³/mol. The number of carbonyl (C=O) groups excluding carboxylic acids is 1. The topological polar surface area (TPSA) is 156 Å². The third-order valence-electron chi connectivity index (χ3n) is 1.93. The Hall–Kier alpha value is -2.61. The van der Waals surface area contributed by atoms with Crippen LogP contribution in [0.5, 0.6) is 0 Å². The summed E-state index contributed by atoms with van der Waals surface area (Å²) >= 11 is 0. The van der Waals surface area contributed by atoms with Crippen LogP contribution in [0.25, 0.3) is 0 Å². The summed E-state index contributed by atoms with van der Waals surface area (Å²) in [6, 6.07) is 6.23. The number of anilines is 1. The molecule has 1 amide bonds. The van der Waals surface area contributed by atoms with E-state index in [1.807, 2.05) is 0 Å². The number of nitrogen functional groups attached to an aromatic ring is 1. The number of nitrogens with one attached hydrogen (secondary N) is 1. The van der Waals surface area contributed by atoms with E-state index in [2.05, 4.69) is 5.32 Å². The third-order valence-corrected chi connectivity index (χ3v) is 1.93. The van der Waals surface area contributed by atoms with Crippen molar-refractivity contribution in [3.63, 3.8) is 0 Å². The number of benzene rings is 1. The maximum absolute atomic E-state index is 11.2. The molecule has 0 bridgehead atoms. The molecule has 0 aromatic heterocycles. The second kappa shape index (κ2) is 9.34. The van der Waals surface area contributed by atoms with Crippen molar-refractivity contribution in [2.45, 2.75) is 6.42 Å². The third kappa shape index (κ3) is 8.48. The molecular formula is C12H17N3O5. The lowest BCUT2D eigenvalue weighted by Crippen LogP contribution is -2.29. The van der Waals surface area contributed by atoms with Gasteiger partial charge in [-0.1, -0.05) is 0 Å². The van der Waals surface area contributed by atoms with Crippen molar-refractivity contribution in [2.24, 2.45) is 5.73 Å². The predicted octanol–water partition coefficient (Wildman–Crippen LogP) is -0.497. The number of carboxylic acid groups (broad SMARTS) is 2. The van der Waals surface area contributed by atoms with E-state index >= 15 is 0 Å². The van der Waals surface area contributed by atoms with Crippen LogP contribution in [-0.2, 0) is 9.59 Å². The fraction of sp³-hybridized carbons (Fsp3) is 0.250. The van der Waals surface area contributed by atoms with Gasteiger partial charge in [0.05, 0.1) is 6.42 Å². The van der Waals surface area contributed by atoms with Gasteiger partial charge in [0.1, 0.15) is 6.54 Å². The number of rotatable bonds is 5. The van der Waals surface area contributed by atoms with Gasteiger partial charge in [-0.05, 0) is 24.3 Å². The molecule has 0 radical (unpaired) electrons. The van der Waals surface area contributed by atoms with Crippen LogP contribution in [0.2, 0.25) is 0 Å². The molecule has 8 heteroatoms. The molecule has 110 valence electrons. The average molecular weight is 283 g/mol. The summed E-state index contributed by atoms with van der Waals surface area (Å²) < 4.78 is 0. The highest BCUT2D eigenvalue weighted by atomic mass is 16.4. The van der Waals surface area contributed by atoms with Crippen LogP contribution < -0.4 is 16.8 Å². The standard InChI is InChI=1S/C9H10N2O3.C3H7NO2/c10-7-3-1-6(2-4-7)9(14)11-5-8(12)13;4-2-1-3(5)6/h1-4H,5,10H2,(H,11,14)(H,12,13);1-2,4H2,(H,5,6). The zero-order chi connectivity index (χ0) is 15.5. The van der Waals surface area contributed by atoms with Crippen LogP contribution in [-0.4, -0.2) is 41.1 Å². The van der Waals surface area contributed by atoms with Crippen molar-refractivity contribution >= 4 is 23.5 Å². The summed E-state index contributed by atoms with van der Waals surface area (Å²) in [6.45, 7) is -0.154. The molecule has 0 fully saturated rings. The number of nitrogens with two attached hydrogens (primary N) is 2. The monoisotopic (exact) mass is 283 g/mol. The summed E-state index contributed by atoms with van der Waals surface area (Å²) in [7, 11) is 0. The van der Waals surface area contributed by atoms with E-state index < -0.39 is 17.8 Å². The van der Waals surface area contributed by atoms with E-state index in [1.165, 1.54) is 12.1 Å². The number of carbonyl (C=O) groups is 3. The molecule has 8 nitrogen and oxygen atoms in total. The fourth-order valence-electron chi connectivity index (χ4n) is 1.02. The number of carboxylic acids is 2. The molecule has 0 atom stereocenters. The van der Waals surface area contributed by atoms with Gasteiger partial charge in [-0.25, -0.2) is 0 Å². The largest absolute Gasteiger partial charge is 0.481 e. The molecule has 0 aliphatic rings. The summed E-state index contributed by atoms with van der Waals surface area (Å²) in [5.74, 6) is -2.33. The van der Waals surface area contributed by atoms with Gasteiger partial charge in [-0.3, -0.25) is 14.4 Å². The Morgan fingerprint density at radius 3 is 1.95 bits per heavy atom. The molecule has 7 N–H and O–H groups in total. The van der Waals surface area contributed by atoms with E-state index in [-0.39, 0.29) is 19.5 Å². The van der Waals surface area contributed by atoms with Crippen molar-refractivity contribution in [1.82, 2.24) is 5.32 Å². The molecule has 0 spiro atoms. The van der Waals surface area contributed by atoms with Crippen molar-refractivity contribution in [3.05, 3.63) is 29.8 Å². The first-order chi connectivity index (χ1) is 9.36. The van der Waals surface area contributed by atoms with Crippen LogP contribution in [0.3, 0.4) is 0 Å². The highest BCUT2D eigenvalue weighted by molar-refractivity contribution is 5.95. The second-order valence-corrected chi connectivity index (χ2v) is 3.63. The Balaban J connectivity index is 0.000000511. The van der Waals surface area contributed by atoms with Gasteiger partial charge in [0.2, 0.25) is 0 Å². The SMILES string of the molecule is NCCC(=O)O.Nc1ccc(C(=O)NCC(=O)O)cc1. The number of amides is 1. The molecule has 0 aliphatic heterocycles. The first kappa shape index (κ1) is 17.4. The lowest BCUT2D eigenvalue weighted by Gasteiger charge is -2.01. The van der Waals surface area contributed by atoms with E-state index in [0.29, 0.717) is 11.3 Å². The van der Waals surface area contributed by atoms with Crippen molar-refractivity contribution < 1.29 is 24.6 Å². The highest BCUT2D eigenvalue weighted by Crippen LogP contribution is 2.04. The lowest BCUT2D eigenvalue weighted by atomic mass is 10.2. The molecule has 0 unspecified atom stereocenters. The van der Waals surface area contributed by atoms with Gasteiger partial charge >= 0.3 is 11.9 Å². The first-order valence-electron chi connectivity index (χ1n) is 5.64. The quantitative estimate of drug-likeness (QED) is 0.456. The molecule has 0 heterocycles. The summed E-state index contributed by atoms with van der Waals surface area (Å²) in [5, 5.41) is 18.4. The van der Waals surface area contributed by atoms with Gasteiger partial charge in [-0.15, -0.1) is 0 Å². The number of aliphatic carboxylic acids is 2. The van der Waals surface area contributed by atoms with Crippen molar-refractivity contribution in [3.8, 4) is 0 Å². The van der Waals surface area contributed by atoms with Crippen LogP contribution >= 0.6 is 0 Å². The van der Waals surface area contributed by atoms with Crippen LogP contribution in [0.4, 0.5) is 5.69 Å². The Bertz CT molecular complexity index is 459. The summed E-state index contributed by atoms with van der Waals surface area (Å²) in [4.78, 5) is 30.9. The van der Waals surface area contributed by atoms with Crippen LogP contribution in [0.15, 0.2) is 24.3 Å². The van der Waals surface area contributed by atoms with E-state index in [4.69, 9.17) is 21.7 Å². The fourth-order valence-corrected chi connectivity index (χ4v) is 1.02. The van der Waals surface area contributed by atoms with E-state index in [1.54, 1.807) is 12.1 Å². The molecular weight excluding hydrogens is 266 g/mol. The van der Waals surface area contributed by atoms with E-state index in [9.17, 15) is 14.4 Å². The maximum atomic E-state index is 11.2. The Kier molecular flexibility index (Phi) is 8.12. The Labute approximate surface area is 115 Å². The highest BCUT2D eigenvalue weighted by Gasteiger charge is 2.05. The molecule has 1 aromatic carbocycles. The number of hydrogen-bond acceptors (Lipinski definition) is 5. The average Bonchev–Trinajstić information content (AvgIpc) is 2.37. The molecule has 1 aromatic rings. The maximum Gasteiger partial charge on any atom is 0.322 e. The Morgan fingerprint density at radius 1 is 1.05 bits per heavy atom. The van der Waals surface area contributed by atoms with Crippen LogP contribution in [0, 0.1) is 0 Å². The minimum atomic E-state index is -1.08. The smallest absolute Gasteiger partial charge is 0.322 e. The van der Waals surface area contributed by atoms with Gasteiger partial charge in [0.25, 0.3) is 5.91 Å². The normalized spacial score (nSPS) is 9.05. The van der Waals surface area contributed by atoms with Gasteiger partial charge in [0.15, 0.2) is 0 Å². The zero-order valence-corrected chi connectivity index (χ0v) is 10.7. The zero-order valence-electron chi connectivity index (χ0n) is 10.7. The summed E-state index contributed by atoms with van der Waals surface area (Å²) in [5.41, 5.74) is 11.2. The number of hydrogen-bond donors (Lipinski definition) is 5. The first-order valence-corrected chi connectivity index (χ1v) is 5.64. The minimum absolute atomic E-state index is 0.0694. The van der Waals surface area contributed by atoms with Gasteiger partial charge in [-0.2, -0.15) is 0 Å². The van der Waals surface area contributed by atoms with Gasteiger partial charge < -0.3 is 27.0 Å². The molecule has 0 aliphatic carbocycles. The Morgan fingerprint density at radius 2 is 1.60 bits per heavy atom. The molecule has 0 saturated carbocycles. The molecule has 0 saturated heterocycles. The minimum Gasteiger partial charge on any atom is -0.481 e. The molecule has 1 rings (SSSR count). The van der Waals surface area contributed by atoms with Crippen molar-refractivity contribution in [2.75, 3.05) is 18.8 Å². The van der Waals surface area contributed by atoms with Gasteiger partial charge in [0, 0.05) is 17.8 Å². The van der Waals surface area contributed by atoms with Crippen LogP contribution in [0.1, 0.15) is 16.8 Å².